The van der Waals surface area contributed by atoms with E-state index in [0.29, 0.717) is 10.8 Å². The van der Waals surface area contributed by atoms with Gasteiger partial charge >= 0.3 is 0 Å². The molecule has 70 valence electrons. The first kappa shape index (κ1) is 11.0. The van der Waals surface area contributed by atoms with Crippen LogP contribution < -0.4 is 0 Å². The number of aldehydes is 1. The number of hydrogen-bond donors (Lipinski definition) is 0. The number of hydrogen-bond acceptors (Lipinski definition) is 2. The summed E-state index contributed by atoms with van der Waals surface area (Å²) >= 11 is 4.77. The van der Waals surface area contributed by atoms with Crippen LogP contribution in [0.1, 0.15) is 22.5 Å². The van der Waals surface area contributed by atoms with Crippen molar-refractivity contribution >= 4 is 44.8 Å². The van der Waals surface area contributed by atoms with Crippen molar-refractivity contribution in [3.8, 4) is 0 Å². The van der Waals surface area contributed by atoms with Crippen LogP contribution in [0.4, 0.5) is 8.78 Å². The number of carbonyl (C=O) groups excluding carboxylic acids is 1. The summed E-state index contributed by atoms with van der Waals surface area (Å²) in [4.78, 5) is 13.9. The van der Waals surface area contributed by atoms with Crippen LogP contribution >= 0.6 is 38.5 Å². The summed E-state index contributed by atoms with van der Waals surface area (Å²) in [6.45, 7) is 0. The molecule has 1 rings (SSSR count). The lowest BCUT2D eigenvalue weighted by atomic mass is 10.3. The van der Waals surface area contributed by atoms with Gasteiger partial charge in [0.25, 0.3) is 6.43 Å². The first-order chi connectivity index (χ1) is 6.07. The topological polar surface area (TPSA) is 30.0 Å². The summed E-state index contributed by atoms with van der Waals surface area (Å²) < 4.78 is 25.2. The van der Waals surface area contributed by atoms with Gasteiger partial charge in [0.05, 0.1) is 3.57 Å². The molecule has 0 saturated carbocycles. The molecule has 0 spiro atoms. The second-order valence-corrected chi connectivity index (χ2v) is 4.02. The molecule has 0 N–H and O–H groups in total. The maximum atomic E-state index is 12.3. The molecule has 1 aromatic rings. The van der Waals surface area contributed by atoms with Crippen molar-refractivity contribution in [1.29, 1.82) is 0 Å². The maximum Gasteiger partial charge on any atom is 0.281 e. The largest absolute Gasteiger partial charge is 0.298 e. The van der Waals surface area contributed by atoms with Gasteiger partial charge in [-0.05, 0) is 38.5 Å². The van der Waals surface area contributed by atoms with Gasteiger partial charge in [0.2, 0.25) is 0 Å². The van der Waals surface area contributed by atoms with E-state index in [1.807, 2.05) is 0 Å². The summed E-state index contributed by atoms with van der Waals surface area (Å²) in [6.07, 6.45) is -0.932. The lowest BCUT2D eigenvalue weighted by Crippen LogP contribution is -1.98. The van der Waals surface area contributed by atoms with Crippen LogP contribution in [0.2, 0.25) is 0 Å². The Morgan fingerprint density at radius 1 is 1.62 bits per heavy atom. The molecule has 1 aromatic heterocycles. The van der Waals surface area contributed by atoms with Crippen LogP contribution in [0, 0.1) is 3.57 Å². The second-order valence-electron chi connectivity index (χ2n) is 2.15. The number of rotatable bonds is 2. The summed E-state index contributed by atoms with van der Waals surface area (Å²) in [7, 11) is 0. The first-order valence-corrected chi connectivity index (χ1v) is 5.02. The highest BCUT2D eigenvalue weighted by Crippen LogP contribution is 2.29. The van der Waals surface area contributed by atoms with Crippen LogP contribution in [0.15, 0.2) is 10.7 Å². The van der Waals surface area contributed by atoms with Crippen molar-refractivity contribution in [2.24, 2.45) is 0 Å². The first-order valence-electron chi connectivity index (χ1n) is 3.15. The summed E-state index contributed by atoms with van der Waals surface area (Å²) in [5.41, 5.74) is -0.0353. The minimum atomic E-state index is -2.62. The Morgan fingerprint density at radius 3 is 2.69 bits per heavy atom. The highest BCUT2D eigenvalue weighted by atomic mass is 127. The number of carbonyl (C=O) groups is 1. The molecule has 0 fully saturated rings. The van der Waals surface area contributed by atoms with E-state index in [1.54, 1.807) is 22.6 Å². The van der Waals surface area contributed by atoms with E-state index in [9.17, 15) is 13.6 Å². The van der Waals surface area contributed by atoms with Gasteiger partial charge in [-0.25, -0.2) is 8.78 Å². The molecule has 0 aromatic carbocycles. The van der Waals surface area contributed by atoms with Gasteiger partial charge in [0.15, 0.2) is 6.29 Å². The van der Waals surface area contributed by atoms with E-state index < -0.39 is 6.43 Å². The molecule has 0 bridgehead atoms. The van der Waals surface area contributed by atoms with Gasteiger partial charge in [-0.1, -0.05) is 0 Å². The minimum absolute atomic E-state index is 0.272. The number of aromatic nitrogens is 1. The van der Waals surface area contributed by atoms with Crippen molar-refractivity contribution < 1.29 is 13.6 Å². The Labute approximate surface area is 95.0 Å². The Morgan fingerprint density at radius 2 is 2.23 bits per heavy atom. The zero-order valence-corrected chi connectivity index (χ0v) is 9.84. The molecular weight excluding hydrogens is 359 g/mol. The molecule has 0 aliphatic rings. The van der Waals surface area contributed by atoms with Gasteiger partial charge in [0, 0.05) is 16.2 Å². The van der Waals surface area contributed by atoms with Gasteiger partial charge in [-0.3, -0.25) is 9.78 Å². The van der Waals surface area contributed by atoms with Crippen LogP contribution in [-0.2, 0) is 0 Å². The van der Waals surface area contributed by atoms with Crippen molar-refractivity contribution in [1.82, 2.24) is 4.98 Å². The van der Waals surface area contributed by atoms with Crippen LogP contribution in [0.5, 0.6) is 0 Å². The van der Waals surface area contributed by atoms with Gasteiger partial charge in [-0.15, -0.1) is 0 Å². The van der Waals surface area contributed by atoms with Crippen molar-refractivity contribution in [3.63, 3.8) is 0 Å². The Bertz CT molecular complexity index is 346. The average molecular weight is 362 g/mol. The maximum absolute atomic E-state index is 12.3. The summed E-state index contributed by atoms with van der Waals surface area (Å²) in [6, 6.07) is 0. The molecule has 0 aliphatic heterocycles. The molecule has 0 amide bonds. The fourth-order valence-corrected chi connectivity index (χ4v) is 1.81. The van der Waals surface area contributed by atoms with E-state index in [-0.39, 0.29) is 14.8 Å². The molecule has 0 unspecified atom stereocenters. The van der Waals surface area contributed by atoms with Crippen LogP contribution in [0.3, 0.4) is 0 Å². The molecule has 13 heavy (non-hydrogen) atoms. The molecule has 0 atom stereocenters. The number of pyridine rings is 1. The molecule has 1 heterocycles. The molecule has 2 nitrogen and oxygen atoms in total. The third kappa shape index (κ3) is 2.22. The molecule has 0 radical (unpaired) electrons. The molecule has 6 heteroatoms. The number of halogens is 4. The summed E-state index contributed by atoms with van der Waals surface area (Å²) in [5.74, 6) is 0. The van der Waals surface area contributed by atoms with Crippen molar-refractivity contribution in [3.05, 3.63) is 25.5 Å². The summed E-state index contributed by atoms with van der Waals surface area (Å²) in [5, 5.41) is 0. The minimum Gasteiger partial charge on any atom is -0.298 e. The number of nitrogens with zero attached hydrogens (tertiary/aromatic N) is 1. The Hall–Kier alpha value is -0.110. The van der Waals surface area contributed by atoms with E-state index in [1.165, 1.54) is 0 Å². The fraction of sp³-hybridized carbons (Fsp3) is 0.143. The smallest absolute Gasteiger partial charge is 0.281 e. The van der Waals surface area contributed by atoms with Crippen LogP contribution in [-0.4, -0.2) is 11.3 Å². The predicted octanol–water partition coefficient (Wildman–Crippen LogP) is 3.20. The standard InChI is InChI=1S/C7H3BrF2INO/c8-4-3(2-13)1-12-6(5(4)11)7(9)10/h1-2,7H. The third-order valence-electron chi connectivity index (χ3n) is 1.35. The van der Waals surface area contributed by atoms with Gasteiger partial charge < -0.3 is 0 Å². The van der Waals surface area contributed by atoms with Crippen LogP contribution in [0.25, 0.3) is 0 Å². The Kier molecular flexibility index (Phi) is 3.72. The van der Waals surface area contributed by atoms with Crippen molar-refractivity contribution in [2.45, 2.75) is 6.43 Å². The van der Waals surface area contributed by atoms with Gasteiger partial charge in [0.1, 0.15) is 5.69 Å². The Balaban J connectivity index is 3.31. The van der Waals surface area contributed by atoms with Crippen molar-refractivity contribution in [2.75, 3.05) is 0 Å². The average Bonchev–Trinajstić information content (AvgIpc) is 2.09. The molecule has 0 saturated heterocycles. The zero-order valence-electron chi connectivity index (χ0n) is 6.10. The predicted molar refractivity (Wildman–Crippen MR) is 55.0 cm³/mol. The monoisotopic (exact) mass is 361 g/mol. The van der Waals surface area contributed by atoms with E-state index in [4.69, 9.17) is 0 Å². The lowest BCUT2D eigenvalue weighted by molar-refractivity contribution is 0.112. The van der Waals surface area contributed by atoms with E-state index in [2.05, 4.69) is 20.9 Å². The lowest BCUT2D eigenvalue weighted by Gasteiger charge is -2.05. The SMILES string of the molecule is O=Cc1cnc(C(F)F)c(I)c1Br. The molecule has 0 aliphatic carbocycles. The second kappa shape index (κ2) is 4.41. The highest BCUT2D eigenvalue weighted by Gasteiger charge is 2.17. The highest BCUT2D eigenvalue weighted by molar-refractivity contribution is 14.1. The van der Waals surface area contributed by atoms with E-state index in [0.717, 1.165) is 6.20 Å². The normalized spacial score (nSPS) is 10.5. The number of alkyl halides is 2. The van der Waals surface area contributed by atoms with E-state index >= 15 is 0 Å². The van der Waals surface area contributed by atoms with Gasteiger partial charge in [-0.2, -0.15) is 0 Å². The fourth-order valence-electron chi connectivity index (χ4n) is 0.726. The quantitative estimate of drug-likeness (QED) is 0.598. The molecular formula is C7H3BrF2INO. The zero-order chi connectivity index (χ0) is 10.0. The third-order valence-corrected chi connectivity index (χ3v) is 4.03.